The van der Waals surface area contributed by atoms with Crippen LogP contribution in [0.2, 0.25) is 10.0 Å². The molecule has 2 aromatic rings. The van der Waals surface area contributed by atoms with Gasteiger partial charge < -0.3 is 15.0 Å². The Hall–Kier alpha value is -2.83. The molecular weight excluding hydrogens is 415 g/mol. The van der Waals surface area contributed by atoms with Crippen LogP contribution in [0.3, 0.4) is 0 Å². The number of hydrogen-bond acceptors (Lipinski definition) is 4. The molecule has 0 aliphatic carbocycles. The fourth-order valence-electron chi connectivity index (χ4n) is 3.00. The molecule has 0 fully saturated rings. The number of para-hydroxylation sites is 2. The summed E-state index contributed by atoms with van der Waals surface area (Å²) in [6.07, 6.45) is 2.87. The number of fused-ring (bicyclic) bond motifs is 1. The van der Waals surface area contributed by atoms with Crippen LogP contribution in [0.15, 0.2) is 48.5 Å². The second-order valence-electron chi connectivity index (χ2n) is 6.50. The van der Waals surface area contributed by atoms with Crippen molar-refractivity contribution in [3.05, 3.63) is 64.1 Å². The van der Waals surface area contributed by atoms with Crippen LogP contribution in [0.25, 0.3) is 6.08 Å². The van der Waals surface area contributed by atoms with E-state index in [2.05, 4.69) is 5.32 Å². The summed E-state index contributed by atoms with van der Waals surface area (Å²) >= 11 is 11.8. The second-order valence-corrected chi connectivity index (χ2v) is 7.31. The molecule has 2 aromatic carbocycles. The topological polar surface area (TPSA) is 75.7 Å². The molecule has 1 aliphatic rings. The van der Waals surface area contributed by atoms with Crippen LogP contribution in [0.1, 0.15) is 18.9 Å². The lowest BCUT2D eigenvalue weighted by atomic mass is 10.1. The number of benzene rings is 2. The van der Waals surface area contributed by atoms with Gasteiger partial charge in [0.2, 0.25) is 5.91 Å². The number of amides is 2. The second kappa shape index (κ2) is 9.11. The molecule has 150 valence electrons. The molecule has 1 heterocycles. The number of anilines is 2. The van der Waals surface area contributed by atoms with Crippen LogP contribution < -0.4 is 10.2 Å². The molecule has 1 N–H and O–H groups in total. The predicted molar refractivity (Wildman–Crippen MR) is 113 cm³/mol. The van der Waals surface area contributed by atoms with Crippen molar-refractivity contribution in [1.29, 1.82) is 0 Å². The van der Waals surface area contributed by atoms with E-state index in [4.69, 9.17) is 27.9 Å². The number of hydrogen-bond donors (Lipinski definition) is 1. The first-order chi connectivity index (χ1) is 13.8. The van der Waals surface area contributed by atoms with Gasteiger partial charge in [-0.1, -0.05) is 41.4 Å². The highest BCUT2D eigenvalue weighted by Crippen LogP contribution is 2.31. The maximum atomic E-state index is 12.7. The first-order valence-corrected chi connectivity index (χ1v) is 9.61. The Bertz CT molecular complexity index is 990. The highest BCUT2D eigenvalue weighted by molar-refractivity contribution is 6.42. The minimum atomic E-state index is -0.672. The third-order valence-corrected chi connectivity index (χ3v) is 5.06. The maximum absolute atomic E-state index is 12.7. The molecule has 0 spiro atoms. The van der Waals surface area contributed by atoms with Gasteiger partial charge in [-0.15, -0.1) is 0 Å². The van der Waals surface area contributed by atoms with Crippen LogP contribution in [-0.2, 0) is 19.1 Å². The van der Waals surface area contributed by atoms with Crippen LogP contribution >= 0.6 is 23.2 Å². The molecule has 1 unspecified atom stereocenters. The fourth-order valence-corrected chi connectivity index (χ4v) is 3.31. The molecule has 3 rings (SSSR count). The van der Waals surface area contributed by atoms with Gasteiger partial charge in [0.15, 0.2) is 6.61 Å². The Kier molecular flexibility index (Phi) is 6.56. The van der Waals surface area contributed by atoms with E-state index in [1.807, 2.05) is 0 Å². The van der Waals surface area contributed by atoms with Crippen LogP contribution in [0.5, 0.6) is 0 Å². The minimum Gasteiger partial charge on any atom is -0.452 e. The van der Waals surface area contributed by atoms with Crippen LogP contribution in [0.4, 0.5) is 11.4 Å². The number of nitrogens with one attached hydrogen (secondary N) is 1. The molecule has 29 heavy (non-hydrogen) atoms. The van der Waals surface area contributed by atoms with Crippen molar-refractivity contribution in [2.24, 2.45) is 0 Å². The Balaban J connectivity index is 1.66. The number of rotatable bonds is 4. The largest absolute Gasteiger partial charge is 0.452 e. The SMILES string of the molecule is CC1CC(=O)Nc2ccccc2N1C(=O)COC(=O)/C=C/c1ccc(Cl)c(Cl)c1. The molecule has 0 radical (unpaired) electrons. The Morgan fingerprint density at radius 1 is 1.21 bits per heavy atom. The van der Waals surface area contributed by atoms with Crippen molar-refractivity contribution in [1.82, 2.24) is 0 Å². The van der Waals surface area contributed by atoms with Gasteiger partial charge in [-0.05, 0) is 42.8 Å². The van der Waals surface area contributed by atoms with Crippen molar-refractivity contribution in [3.8, 4) is 0 Å². The summed E-state index contributed by atoms with van der Waals surface area (Å²) in [7, 11) is 0. The van der Waals surface area contributed by atoms with Gasteiger partial charge in [-0.2, -0.15) is 0 Å². The molecule has 0 saturated heterocycles. The lowest BCUT2D eigenvalue weighted by Crippen LogP contribution is -2.41. The van der Waals surface area contributed by atoms with E-state index < -0.39 is 18.5 Å². The van der Waals surface area contributed by atoms with Gasteiger partial charge in [0.1, 0.15) is 0 Å². The zero-order valence-corrected chi connectivity index (χ0v) is 17.0. The normalized spacial score (nSPS) is 16.2. The van der Waals surface area contributed by atoms with E-state index in [9.17, 15) is 14.4 Å². The molecule has 1 aliphatic heterocycles. The predicted octanol–water partition coefficient (Wildman–Crippen LogP) is 4.31. The smallest absolute Gasteiger partial charge is 0.331 e. The van der Waals surface area contributed by atoms with E-state index in [0.717, 1.165) is 0 Å². The summed E-state index contributed by atoms with van der Waals surface area (Å²) in [6, 6.07) is 11.5. The van der Waals surface area contributed by atoms with E-state index in [0.29, 0.717) is 27.0 Å². The first kappa shape index (κ1) is 20.9. The average molecular weight is 433 g/mol. The van der Waals surface area contributed by atoms with Crippen molar-refractivity contribution in [2.45, 2.75) is 19.4 Å². The van der Waals surface area contributed by atoms with Gasteiger partial charge in [-0.25, -0.2) is 4.79 Å². The van der Waals surface area contributed by atoms with Crippen molar-refractivity contribution >= 4 is 58.4 Å². The molecular formula is C21H18Cl2N2O4. The highest BCUT2D eigenvalue weighted by Gasteiger charge is 2.29. The van der Waals surface area contributed by atoms with E-state index in [-0.39, 0.29) is 18.4 Å². The van der Waals surface area contributed by atoms with Gasteiger partial charge in [0, 0.05) is 18.5 Å². The lowest BCUT2D eigenvalue weighted by molar-refractivity contribution is -0.143. The van der Waals surface area contributed by atoms with Crippen LogP contribution in [0, 0.1) is 0 Å². The summed E-state index contributed by atoms with van der Waals surface area (Å²) in [5.41, 5.74) is 1.78. The fraction of sp³-hybridized carbons (Fsp3) is 0.190. The summed E-state index contributed by atoms with van der Waals surface area (Å²) in [5.74, 6) is -1.27. The number of esters is 1. The highest BCUT2D eigenvalue weighted by atomic mass is 35.5. The molecule has 0 bridgehead atoms. The third kappa shape index (κ3) is 5.16. The zero-order chi connectivity index (χ0) is 21.0. The van der Waals surface area contributed by atoms with E-state index >= 15 is 0 Å². The van der Waals surface area contributed by atoms with E-state index in [1.165, 1.54) is 17.1 Å². The number of nitrogens with zero attached hydrogens (tertiary/aromatic N) is 1. The molecule has 6 nitrogen and oxygen atoms in total. The lowest BCUT2D eigenvalue weighted by Gasteiger charge is -2.27. The van der Waals surface area contributed by atoms with Crippen LogP contribution in [-0.4, -0.2) is 30.4 Å². The van der Waals surface area contributed by atoms with Crippen molar-refractivity contribution in [2.75, 3.05) is 16.8 Å². The van der Waals surface area contributed by atoms with Gasteiger partial charge in [0.05, 0.1) is 21.4 Å². The summed E-state index contributed by atoms with van der Waals surface area (Å²) in [5, 5.41) is 3.56. The third-order valence-electron chi connectivity index (χ3n) is 4.32. The van der Waals surface area contributed by atoms with Gasteiger partial charge in [-0.3, -0.25) is 9.59 Å². The average Bonchev–Trinajstić information content (AvgIpc) is 2.81. The zero-order valence-electron chi connectivity index (χ0n) is 15.5. The Morgan fingerprint density at radius 3 is 2.72 bits per heavy atom. The molecule has 1 atom stereocenters. The molecule has 0 saturated carbocycles. The van der Waals surface area contributed by atoms with Gasteiger partial charge >= 0.3 is 5.97 Å². The number of carbonyl (C=O) groups is 3. The monoisotopic (exact) mass is 432 g/mol. The molecule has 0 aromatic heterocycles. The molecule has 8 heteroatoms. The summed E-state index contributed by atoms with van der Waals surface area (Å²) in [4.78, 5) is 38.2. The quantitative estimate of drug-likeness (QED) is 0.576. The van der Waals surface area contributed by atoms with Gasteiger partial charge in [0.25, 0.3) is 5.91 Å². The Labute approximate surface area is 178 Å². The van der Waals surface area contributed by atoms with Crippen molar-refractivity contribution < 1.29 is 19.1 Å². The minimum absolute atomic E-state index is 0.144. The molecule has 2 amide bonds. The number of carbonyl (C=O) groups excluding carboxylic acids is 3. The number of ether oxygens (including phenoxy) is 1. The first-order valence-electron chi connectivity index (χ1n) is 8.86. The van der Waals surface area contributed by atoms with E-state index in [1.54, 1.807) is 49.4 Å². The standard InChI is InChI=1S/C21H18Cl2N2O4/c1-13-10-19(26)24-17-4-2-3-5-18(17)25(13)20(27)12-29-21(28)9-7-14-6-8-15(22)16(23)11-14/h2-9,11,13H,10,12H2,1H3,(H,24,26)/b9-7+. The summed E-state index contributed by atoms with van der Waals surface area (Å²) in [6.45, 7) is 1.32. The van der Waals surface area contributed by atoms with Crippen molar-refractivity contribution in [3.63, 3.8) is 0 Å². The Morgan fingerprint density at radius 2 is 1.97 bits per heavy atom. The number of halogens is 2. The maximum Gasteiger partial charge on any atom is 0.331 e. The summed E-state index contributed by atoms with van der Waals surface area (Å²) < 4.78 is 5.08.